The molecule has 0 spiro atoms. The Balaban J connectivity index is 2.10. The molecule has 2 heterocycles. The zero-order chi connectivity index (χ0) is 22.4. The summed E-state index contributed by atoms with van der Waals surface area (Å²) in [6, 6.07) is 7.29. The molecule has 1 aliphatic rings. The average molecular weight is 442 g/mol. The number of allylic oxidation sites excluding steroid dienone is 1. The van der Waals surface area contributed by atoms with Crippen LogP contribution < -0.4 is 15.6 Å². The quantitative estimate of drug-likeness (QED) is 0.198. The van der Waals surface area contributed by atoms with Gasteiger partial charge in [-0.25, -0.2) is 9.78 Å². The van der Waals surface area contributed by atoms with Gasteiger partial charge >= 0.3 is 5.97 Å². The van der Waals surface area contributed by atoms with Crippen LogP contribution in [0.5, 0.6) is 5.75 Å². The summed E-state index contributed by atoms with van der Waals surface area (Å²) in [7, 11) is 1.59. The number of methoxy groups -OCH3 is 1. The molecule has 1 aromatic carbocycles. The molecular formula is C23H27N3O4S. The van der Waals surface area contributed by atoms with Gasteiger partial charge in [-0.2, -0.15) is 0 Å². The van der Waals surface area contributed by atoms with E-state index in [2.05, 4.69) is 28.8 Å². The summed E-state index contributed by atoms with van der Waals surface area (Å²) in [5.41, 5.74) is 1.86. The molecule has 0 aliphatic carbocycles. The molecule has 7 nitrogen and oxygen atoms in total. The van der Waals surface area contributed by atoms with Gasteiger partial charge in [-0.05, 0) is 31.0 Å². The van der Waals surface area contributed by atoms with Crippen molar-refractivity contribution in [3.05, 3.63) is 69.7 Å². The van der Waals surface area contributed by atoms with E-state index in [1.54, 1.807) is 26.2 Å². The fraction of sp³-hybridized carbons (Fsp3) is 0.348. The first kappa shape index (κ1) is 22.7. The minimum absolute atomic E-state index is 0.0828. The standard InChI is InChI=1S/C23H27N3O4S/c1-5-7-13-31-23-25-20-19(21(27)26-23)18(15-8-10-16(29-4)11-9-15)17(14(3)24-20)22(28)30-12-6-2/h6,8-11,18H,2,5,7,12-13H2,1,3-4H3,(H2,24,25,26,27). The second kappa shape index (κ2) is 10.3. The van der Waals surface area contributed by atoms with Crippen molar-refractivity contribution in [3.63, 3.8) is 0 Å². The maximum Gasteiger partial charge on any atom is 0.337 e. The lowest BCUT2D eigenvalue weighted by Gasteiger charge is -2.28. The number of nitrogens with one attached hydrogen (secondary N) is 2. The molecule has 0 fully saturated rings. The number of hydrogen-bond acceptors (Lipinski definition) is 7. The predicted octanol–water partition coefficient (Wildman–Crippen LogP) is 4.23. The molecule has 1 aliphatic heterocycles. The van der Waals surface area contributed by atoms with E-state index in [1.807, 2.05) is 12.1 Å². The van der Waals surface area contributed by atoms with Gasteiger partial charge in [-0.1, -0.05) is 49.9 Å². The van der Waals surface area contributed by atoms with Gasteiger partial charge in [0.2, 0.25) is 0 Å². The van der Waals surface area contributed by atoms with Crippen LogP contribution in [0.3, 0.4) is 0 Å². The molecule has 2 aromatic rings. The number of carbonyl (C=O) groups is 1. The summed E-state index contributed by atoms with van der Waals surface area (Å²) in [5, 5.41) is 3.70. The first-order chi connectivity index (χ1) is 15.0. The highest BCUT2D eigenvalue weighted by atomic mass is 32.2. The van der Waals surface area contributed by atoms with Crippen LogP contribution in [0, 0.1) is 0 Å². The van der Waals surface area contributed by atoms with Crippen LogP contribution in [0.1, 0.15) is 43.7 Å². The van der Waals surface area contributed by atoms with E-state index >= 15 is 0 Å². The van der Waals surface area contributed by atoms with Crippen molar-refractivity contribution >= 4 is 23.5 Å². The third kappa shape index (κ3) is 5.02. The number of ether oxygens (including phenoxy) is 2. The summed E-state index contributed by atoms with van der Waals surface area (Å²) in [6.07, 6.45) is 3.61. The van der Waals surface area contributed by atoms with Crippen molar-refractivity contribution in [2.75, 3.05) is 24.8 Å². The lowest BCUT2D eigenvalue weighted by Crippen LogP contribution is -2.31. The van der Waals surface area contributed by atoms with Crippen molar-refractivity contribution in [1.29, 1.82) is 0 Å². The number of aromatic amines is 1. The van der Waals surface area contributed by atoms with E-state index in [0.717, 1.165) is 24.2 Å². The minimum Gasteiger partial charge on any atom is -0.497 e. The molecule has 0 radical (unpaired) electrons. The van der Waals surface area contributed by atoms with Crippen LogP contribution in [-0.2, 0) is 9.53 Å². The van der Waals surface area contributed by atoms with E-state index in [1.165, 1.54) is 17.8 Å². The molecule has 3 rings (SSSR count). The highest BCUT2D eigenvalue weighted by Gasteiger charge is 2.36. The summed E-state index contributed by atoms with van der Waals surface area (Å²) < 4.78 is 10.6. The number of aromatic nitrogens is 2. The van der Waals surface area contributed by atoms with Gasteiger partial charge < -0.3 is 19.8 Å². The summed E-state index contributed by atoms with van der Waals surface area (Å²) in [4.78, 5) is 33.6. The number of unbranched alkanes of at least 4 members (excludes halogenated alkanes) is 1. The number of benzene rings is 1. The molecule has 31 heavy (non-hydrogen) atoms. The van der Waals surface area contributed by atoms with Crippen molar-refractivity contribution in [2.45, 2.75) is 37.8 Å². The molecule has 164 valence electrons. The highest BCUT2D eigenvalue weighted by molar-refractivity contribution is 7.99. The van der Waals surface area contributed by atoms with Crippen LogP contribution in [0.15, 0.2) is 58.1 Å². The van der Waals surface area contributed by atoms with Crippen molar-refractivity contribution in [2.24, 2.45) is 0 Å². The average Bonchev–Trinajstić information content (AvgIpc) is 2.76. The molecule has 0 saturated heterocycles. The van der Waals surface area contributed by atoms with E-state index in [0.29, 0.717) is 33.6 Å². The first-order valence-electron chi connectivity index (χ1n) is 10.2. The Labute approximate surface area is 186 Å². The van der Waals surface area contributed by atoms with E-state index in [-0.39, 0.29) is 12.2 Å². The first-order valence-corrected chi connectivity index (χ1v) is 11.2. The number of carbonyl (C=O) groups excluding carboxylic acids is 1. The Morgan fingerprint density at radius 3 is 2.71 bits per heavy atom. The molecule has 0 bridgehead atoms. The Morgan fingerprint density at radius 1 is 1.32 bits per heavy atom. The van der Waals surface area contributed by atoms with Crippen molar-refractivity contribution < 1.29 is 14.3 Å². The number of thioether (sulfide) groups is 1. The summed E-state index contributed by atoms with van der Waals surface area (Å²) in [6.45, 7) is 7.58. The monoisotopic (exact) mass is 441 g/mol. The molecular weight excluding hydrogens is 414 g/mol. The number of fused-ring (bicyclic) bond motifs is 1. The van der Waals surface area contributed by atoms with Crippen LogP contribution in [0.25, 0.3) is 0 Å². The fourth-order valence-corrected chi connectivity index (χ4v) is 4.37. The Hall–Kier alpha value is -3.00. The largest absolute Gasteiger partial charge is 0.497 e. The maximum absolute atomic E-state index is 13.1. The van der Waals surface area contributed by atoms with Crippen molar-refractivity contribution in [3.8, 4) is 5.75 Å². The number of H-pyrrole nitrogens is 1. The van der Waals surface area contributed by atoms with Gasteiger partial charge in [0, 0.05) is 11.4 Å². The number of anilines is 1. The van der Waals surface area contributed by atoms with Crippen LogP contribution in [-0.4, -0.2) is 35.4 Å². The predicted molar refractivity (Wildman–Crippen MR) is 123 cm³/mol. The molecule has 1 atom stereocenters. The smallest absolute Gasteiger partial charge is 0.337 e. The van der Waals surface area contributed by atoms with Gasteiger partial charge in [-0.3, -0.25) is 4.79 Å². The van der Waals surface area contributed by atoms with E-state index < -0.39 is 11.9 Å². The topological polar surface area (TPSA) is 93.3 Å². The second-order valence-corrected chi connectivity index (χ2v) is 8.18. The number of rotatable bonds is 9. The summed E-state index contributed by atoms with van der Waals surface area (Å²) in [5.74, 6) is 0.890. The third-order valence-corrected chi connectivity index (χ3v) is 5.92. The van der Waals surface area contributed by atoms with E-state index in [4.69, 9.17) is 9.47 Å². The Morgan fingerprint density at radius 2 is 2.06 bits per heavy atom. The lowest BCUT2D eigenvalue weighted by atomic mass is 9.82. The molecule has 2 N–H and O–H groups in total. The Bertz CT molecular complexity index is 1040. The fourth-order valence-electron chi connectivity index (χ4n) is 3.43. The van der Waals surface area contributed by atoms with Gasteiger partial charge in [0.1, 0.15) is 18.2 Å². The number of esters is 1. The molecule has 8 heteroatoms. The molecule has 0 saturated carbocycles. The van der Waals surface area contributed by atoms with Crippen molar-refractivity contribution in [1.82, 2.24) is 9.97 Å². The maximum atomic E-state index is 13.1. The molecule has 1 unspecified atom stereocenters. The van der Waals surface area contributed by atoms with Gasteiger partial charge in [0.05, 0.1) is 24.2 Å². The minimum atomic E-state index is -0.620. The van der Waals surface area contributed by atoms with Gasteiger partial charge in [-0.15, -0.1) is 0 Å². The third-order valence-electron chi connectivity index (χ3n) is 4.96. The van der Waals surface area contributed by atoms with E-state index in [9.17, 15) is 9.59 Å². The van der Waals surface area contributed by atoms with Crippen LogP contribution in [0.2, 0.25) is 0 Å². The van der Waals surface area contributed by atoms with Crippen LogP contribution >= 0.6 is 11.8 Å². The summed E-state index contributed by atoms with van der Waals surface area (Å²) >= 11 is 1.51. The number of nitrogens with zero attached hydrogens (tertiary/aromatic N) is 1. The highest BCUT2D eigenvalue weighted by Crippen LogP contribution is 2.40. The normalized spacial score (nSPS) is 15.1. The van der Waals surface area contributed by atoms with Crippen LogP contribution in [0.4, 0.5) is 5.82 Å². The number of hydrogen-bond donors (Lipinski definition) is 2. The SMILES string of the molecule is C=CCOC(=O)C1=C(C)Nc2nc(SCCCC)[nH]c(=O)c2C1c1ccc(OC)cc1. The zero-order valence-electron chi connectivity index (χ0n) is 18.0. The Kier molecular flexibility index (Phi) is 7.57. The van der Waals surface area contributed by atoms with Gasteiger partial charge in [0.25, 0.3) is 5.56 Å². The second-order valence-electron chi connectivity index (χ2n) is 7.09. The van der Waals surface area contributed by atoms with Gasteiger partial charge in [0.15, 0.2) is 5.16 Å². The zero-order valence-corrected chi connectivity index (χ0v) is 18.8. The molecule has 1 aromatic heterocycles. The lowest BCUT2D eigenvalue weighted by molar-refractivity contribution is -0.138. The molecule has 0 amide bonds.